The third kappa shape index (κ3) is 2.42. The number of aryl methyl sites for hydroxylation is 1. The Balaban J connectivity index is 2.42. The van der Waals surface area contributed by atoms with Crippen LogP contribution in [0.5, 0.6) is 0 Å². The van der Waals surface area contributed by atoms with Gasteiger partial charge in [-0.2, -0.15) is 5.10 Å². The molecule has 0 aromatic carbocycles. The molecule has 1 atom stereocenters. The van der Waals surface area contributed by atoms with Gasteiger partial charge in [-0.05, 0) is 19.4 Å². The number of morpholine rings is 1. The predicted octanol–water partition coefficient (Wildman–Crippen LogP) is -0.688. The summed E-state index contributed by atoms with van der Waals surface area (Å²) in [7, 11) is 0. The molecular formula is C12H15N3O5. The van der Waals surface area contributed by atoms with Crippen molar-refractivity contribution in [2.75, 3.05) is 19.8 Å². The molecule has 20 heavy (non-hydrogen) atoms. The number of aromatic amines is 1. The van der Waals surface area contributed by atoms with E-state index < -0.39 is 23.5 Å². The van der Waals surface area contributed by atoms with Crippen LogP contribution in [-0.4, -0.2) is 57.9 Å². The van der Waals surface area contributed by atoms with Crippen molar-refractivity contribution in [3.8, 4) is 0 Å². The number of hydrogen-bond donors (Lipinski definition) is 2. The zero-order valence-corrected chi connectivity index (χ0v) is 11.2. The molecule has 108 valence electrons. The van der Waals surface area contributed by atoms with Gasteiger partial charge in [-0.3, -0.25) is 9.59 Å². The summed E-state index contributed by atoms with van der Waals surface area (Å²) in [4.78, 5) is 36.6. The number of nitrogens with one attached hydrogen (secondary N) is 1. The van der Waals surface area contributed by atoms with Crippen molar-refractivity contribution < 1.29 is 19.4 Å². The van der Waals surface area contributed by atoms with Crippen molar-refractivity contribution >= 4 is 11.9 Å². The number of aliphatic carboxylic acids is 1. The highest BCUT2D eigenvalue weighted by atomic mass is 16.5. The molecule has 1 amide bonds. The lowest BCUT2D eigenvalue weighted by Gasteiger charge is -2.32. The normalized spacial score (nSPS) is 18.9. The summed E-state index contributed by atoms with van der Waals surface area (Å²) in [6, 6.07) is -1.08. The quantitative estimate of drug-likeness (QED) is 0.742. The van der Waals surface area contributed by atoms with Gasteiger partial charge in [0.05, 0.1) is 18.9 Å². The molecule has 1 aliphatic heterocycles. The number of carboxylic acid groups (broad SMARTS) is 1. The molecule has 2 N–H and O–H groups in total. The number of aromatic nitrogens is 2. The molecule has 1 fully saturated rings. The first-order chi connectivity index (χ1) is 9.43. The minimum Gasteiger partial charge on any atom is -0.480 e. The second kappa shape index (κ2) is 5.41. The lowest BCUT2D eigenvalue weighted by atomic mass is 10.1. The van der Waals surface area contributed by atoms with Crippen molar-refractivity contribution in [3.63, 3.8) is 0 Å². The van der Waals surface area contributed by atoms with E-state index in [1.807, 2.05) is 0 Å². The highest BCUT2D eigenvalue weighted by molar-refractivity contribution is 5.97. The monoisotopic (exact) mass is 281 g/mol. The zero-order valence-electron chi connectivity index (χ0n) is 11.2. The SMILES string of the molecule is Cc1n[nH]c(=O)c(C(=O)N2CCOCC2C(=O)O)c1C. The summed E-state index contributed by atoms with van der Waals surface area (Å²) in [5.41, 5.74) is 0.293. The summed E-state index contributed by atoms with van der Waals surface area (Å²) in [5, 5.41) is 15.1. The van der Waals surface area contributed by atoms with Crippen LogP contribution in [-0.2, 0) is 9.53 Å². The Hall–Kier alpha value is -2.22. The van der Waals surface area contributed by atoms with Crippen molar-refractivity contribution in [2.45, 2.75) is 19.9 Å². The van der Waals surface area contributed by atoms with E-state index in [4.69, 9.17) is 9.84 Å². The van der Waals surface area contributed by atoms with Crippen LogP contribution >= 0.6 is 0 Å². The van der Waals surface area contributed by atoms with Crippen LogP contribution in [0.1, 0.15) is 21.6 Å². The number of carbonyl (C=O) groups excluding carboxylic acids is 1. The van der Waals surface area contributed by atoms with Gasteiger partial charge in [-0.15, -0.1) is 0 Å². The van der Waals surface area contributed by atoms with Crippen molar-refractivity contribution in [1.29, 1.82) is 0 Å². The maximum atomic E-state index is 12.5. The molecular weight excluding hydrogens is 266 g/mol. The average Bonchev–Trinajstić information content (AvgIpc) is 2.43. The molecule has 1 unspecified atom stereocenters. The molecule has 0 bridgehead atoms. The number of carbonyl (C=O) groups is 2. The van der Waals surface area contributed by atoms with Gasteiger partial charge in [-0.25, -0.2) is 9.89 Å². The van der Waals surface area contributed by atoms with E-state index in [-0.39, 0.29) is 25.3 Å². The second-order valence-corrected chi connectivity index (χ2v) is 4.57. The standard InChI is InChI=1S/C12H15N3O5/c1-6-7(2)13-14-10(16)9(6)11(17)15-3-4-20-5-8(15)12(18)19/h8H,3-5H2,1-2H3,(H,14,16)(H,18,19). The number of ether oxygens (including phenoxy) is 1. The minimum atomic E-state index is -1.15. The lowest BCUT2D eigenvalue weighted by Crippen LogP contribution is -2.53. The highest BCUT2D eigenvalue weighted by Gasteiger charge is 2.35. The summed E-state index contributed by atoms with van der Waals surface area (Å²) < 4.78 is 5.07. The van der Waals surface area contributed by atoms with Crippen molar-refractivity contribution in [3.05, 3.63) is 27.2 Å². The van der Waals surface area contributed by atoms with Crippen LogP contribution in [0.25, 0.3) is 0 Å². The zero-order chi connectivity index (χ0) is 14.9. The largest absolute Gasteiger partial charge is 0.480 e. The first-order valence-electron chi connectivity index (χ1n) is 6.11. The van der Waals surface area contributed by atoms with Gasteiger partial charge in [0.15, 0.2) is 6.04 Å². The van der Waals surface area contributed by atoms with Gasteiger partial charge in [0, 0.05) is 6.54 Å². The lowest BCUT2D eigenvalue weighted by molar-refractivity contribution is -0.147. The van der Waals surface area contributed by atoms with Crippen LogP contribution in [0.3, 0.4) is 0 Å². The van der Waals surface area contributed by atoms with E-state index in [0.29, 0.717) is 11.3 Å². The molecule has 0 radical (unpaired) electrons. The van der Waals surface area contributed by atoms with E-state index in [9.17, 15) is 14.4 Å². The van der Waals surface area contributed by atoms with Crippen LogP contribution in [0, 0.1) is 13.8 Å². The number of carboxylic acids is 1. The van der Waals surface area contributed by atoms with Gasteiger partial charge >= 0.3 is 5.97 Å². The Morgan fingerprint density at radius 1 is 1.45 bits per heavy atom. The van der Waals surface area contributed by atoms with Crippen molar-refractivity contribution in [1.82, 2.24) is 15.1 Å². The molecule has 8 heteroatoms. The maximum absolute atomic E-state index is 12.5. The second-order valence-electron chi connectivity index (χ2n) is 4.57. The minimum absolute atomic E-state index is 0.0642. The summed E-state index contributed by atoms with van der Waals surface area (Å²) >= 11 is 0. The average molecular weight is 281 g/mol. The summed E-state index contributed by atoms with van der Waals surface area (Å²) in [6.07, 6.45) is 0. The first-order valence-corrected chi connectivity index (χ1v) is 6.11. The van der Waals surface area contributed by atoms with Crippen LogP contribution in [0.4, 0.5) is 0 Å². The van der Waals surface area contributed by atoms with Gasteiger partial charge < -0.3 is 14.7 Å². The van der Waals surface area contributed by atoms with Gasteiger partial charge in [0.1, 0.15) is 5.56 Å². The van der Waals surface area contributed by atoms with Gasteiger partial charge in [-0.1, -0.05) is 0 Å². The van der Waals surface area contributed by atoms with E-state index in [1.54, 1.807) is 13.8 Å². The number of rotatable bonds is 2. The fraction of sp³-hybridized carbons (Fsp3) is 0.500. The van der Waals surface area contributed by atoms with Crippen molar-refractivity contribution in [2.24, 2.45) is 0 Å². The Morgan fingerprint density at radius 2 is 2.15 bits per heavy atom. The number of H-pyrrole nitrogens is 1. The smallest absolute Gasteiger partial charge is 0.328 e. The Bertz CT molecular complexity index is 610. The fourth-order valence-corrected chi connectivity index (χ4v) is 2.08. The molecule has 2 rings (SSSR count). The molecule has 1 saturated heterocycles. The van der Waals surface area contributed by atoms with E-state index in [1.165, 1.54) is 0 Å². The third-order valence-corrected chi connectivity index (χ3v) is 3.36. The van der Waals surface area contributed by atoms with Crippen LogP contribution < -0.4 is 5.56 Å². The molecule has 0 aliphatic carbocycles. The van der Waals surface area contributed by atoms with E-state index >= 15 is 0 Å². The molecule has 1 aliphatic rings. The topological polar surface area (TPSA) is 113 Å². The predicted molar refractivity (Wildman–Crippen MR) is 67.6 cm³/mol. The molecule has 1 aromatic heterocycles. The number of hydrogen-bond acceptors (Lipinski definition) is 5. The Kier molecular flexibility index (Phi) is 3.84. The molecule has 0 saturated carbocycles. The highest BCUT2D eigenvalue weighted by Crippen LogP contribution is 2.14. The number of amides is 1. The molecule has 0 spiro atoms. The Labute approximate surface area is 114 Å². The molecule has 1 aromatic rings. The maximum Gasteiger partial charge on any atom is 0.328 e. The van der Waals surface area contributed by atoms with E-state index in [2.05, 4.69) is 10.2 Å². The summed E-state index contributed by atoms with van der Waals surface area (Å²) in [5.74, 6) is -1.76. The van der Waals surface area contributed by atoms with Gasteiger partial charge in [0.25, 0.3) is 11.5 Å². The fourth-order valence-electron chi connectivity index (χ4n) is 2.08. The summed E-state index contributed by atoms with van der Waals surface area (Å²) in [6.45, 7) is 3.58. The molecule has 8 nitrogen and oxygen atoms in total. The third-order valence-electron chi connectivity index (χ3n) is 3.36. The Morgan fingerprint density at radius 3 is 2.80 bits per heavy atom. The first kappa shape index (κ1) is 14.2. The van der Waals surface area contributed by atoms with E-state index in [0.717, 1.165) is 4.90 Å². The van der Waals surface area contributed by atoms with Crippen LogP contribution in [0.2, 0.25) is 0 Å². The molecule has 2 heterocycles. The van der Waals surface area contributed by atoms with Crippen LogP contribution in [0.15, 0.2) is 4.79 Å². The van der Waals surface area contributed by atoms with Gasteiger partial charge in [0.2, 0.25) is 0 Å². The number of nitrogens with zero attached hydrogens (tertiary/aromatic N) is 2.